The molecule has 16 heavy (non-hydrogen) atoms. The first-order valence-electron chi connectivity index (χ1n) is 4.91. The van der Waals surface area contributed by atoms with Crippen molar-refractivity contribution >= 4 is 29.1 Å². The first kappa shape index (κ1) is 13.1. The molecule has 1 rings (SSSR count). The molecule has 88 valence electrons. The number of benzene rings is 1. The van der Waals surface area contributed by atoms with E-state index >= 15 is 0 Å². The molecule has 0 saturated carbocycles. The Bertz CT molecular complexity index is 369. The topological polar surface area (TPSA) is 38.3 Å². The fourth-order valence-electron chi connectivity index (χ4n) is 1.21. The molecule has 0 aromatic heterocycles. The lowest BCUT2D eigenvalue weighted by Crippen LogP contribution is -2.24. The van der Waals surface area contributed by atoms with Crippen molar-refractivity contribution in [3.05, 3.63) is 28.8 Å². The molecule has 0 heterocycles. The van der Waals surface area contributed by atoms with Gasteiger partial charge in [0.05, 0.1) is 6.61 Å². The Kier molecular flexibility index (Phi) is 5.43. The zero-order chi connectivity index (χ0) is 12.0. The number of hydrogen-bond donors (Lipinski definition) is 1. The average molecular weight is 262 g/mol. The van der Waals surface area contributed by atoms with Crippen LogP contribution >= 0.6 is 23.2 Å². The van der Waals surface area contributed by atoms with Gasteiger partial charge in [0.25, 0.3) is 0 Å². The number of nitrogens with one attached hydrogen (secondary N) is 1. The molecule has 0 spiro atoms. The van der Waals surface area contributed by atoms with Crippen LogP contribution in [0.4, 0.5) is 0 Å². The molecule has 0 atom stereocenters. The maximum absolute atomic E-state index is 11.0. The Hall–Kier alpha value is -0.930. The van der Waals surface area contributed by atoms with Crippen molar-refractivity contribution in [1.82, 2.24) is 5.32 Å². The van der Waals surface area contributed by atoms with Gasteiger partial charge in [-0.25, -0.2) is 0 Å². The van der Waals surface area contributed by atoms with Crippen molar-refractivity contribution in [3.63, 3.8) is 0 Å². The third kappa shape index (κ3) is 3.91. The Morgan fingerprint density at radius 3 is 2.88 bits per heavy atom. The summed E-state index contributed by atoms with van der Waals surface area (Å²) in [6, 6.07) is 5.31. The molecule has 0 bridgehead atoms. The van der Waals surface area contributed by atoms with Crippen LogP contribution in [0.2, 0.25) is 5.02 Å². The Morgan fingerprint density at radius 1 is 1.50 bits per heavy atom. The monoisotopic (exact) mass is 261 g/mol. The summed E-state index contributed by atoms with van der Waals surface area (Å²) in [5, 5.41) is 3.28. The zero-order valence-electron chi connectivity index (χ0n) is 8.93. The lowest BCUT2D eigenvalue weighted by Gasteiger charge is -2.11. The molecule has 3 nitrogen and oxygen atoms in total. The van der Waals surface area contributed by atoms with Gasteiger partial charge in [0.15, 0.2) is 0 Å². The van der Waals surface area contributed by atoms with Crippen LogP contribution in [-0.2, 0) is 11.3 Å². The van der Waals surface area contributed by atoms with E-state index in [1.807, 2.05) is 13.0 Å². The van der Waals surface area contributed by atoms with Gasteiger partial charge < -0.3 is 10.1 Å². The van der Waals surface area contributed by atoms with Crippen molar-refractivity contribution in [3.8, 4) is 5.75 Å². The molecule has 1 aromatic rings. The number of carbonyl (C=O) groups is 1. The Morgan fingerprint density at radius 2 is 2.25 bits per heavy atom. The lowest BCUT2D eigenvalue weighted by atomic mass is 10.2. The highest BCUT2D eigenvalue weighted by Gasteiger charge is 2.06. The molecule has 0 aliphatic carbocycles. The van der Waals surface area contributed by atoms with Crippen LogP contribution in [0.5, 0.6) is 5.75 Å². The molecular weight excluding hydrogens is 249 g/mol. The van der Waals surface area contributed by atoms with E-state index in [0.717, 1.165) is 5.56 Å². The van der Waals surface area contributed by atoms with E-state index in [-0.39, 0.29) is 11.8 Å². The summed E-state index contributed by atoms with van der Waals surface area (Å²) in [5.41, 5.74) is 0.879. The summed E-state index contributed by atoms with van der Waals surface area (Å²) in [4.78, 5) is 11.0. The molecule has 5 heteroatoms. The van der Waals surface area contributed by atoms with E-state index in [1.54, 1.807) is 12.1 Å². The summed E-state index contributed by atoms with van der Waals surface area (Å²) in [7, 11) is 0. The van der Waals surface area contributed by atoms with E-state index < -0.39 is 0 Å². The van der Waals surface area contributed by atoms with Crippen molar-refractivity contribution in [2.45, 2.75) is 13.5 Å². The van der Waals surface area contributed by atoms with E-state index in [2.05, 4.69) is 5.32 Å². The molecule has 1 amide bonds. The zero-order valence-corrected chi connectivity index (χ0v) is 10.4. The summed E-state index contributed by atoms with van der Waals surface area (Å²) >= 11 is 11.2. The highest BCUT2D eigenvalue weighted by atomic mass is 35.5. The second-order valence-corrected chi connectivity index (χ2v) is 3.80. The van der Waals surface area contributed by atoms with Crippen LogP contribution in [-0.4, -0.2) is 18.4 Å². The Labute approximate surface area is 105 Å². The second kappa shape index (κ2) is 6.61. The third-order valence-corrected chi connectivity index (χ3v) is 2.40. The van der Waals surface area contributed by atoms with Crippen LogP contribution in [0.3, 0.4) is 0 Å². The summed E-state index contributed by atoms with van der Waals surface area (Å²) in [5.74, 6) is 0.432. The van der Waals surface area contributed by atoms with Crippen molar-refractivity contribution in [2.75, 3.05) is 12.5 Å². The number of rotatable bonds is 5. The number of amides is 1. The van der Waals surface area contributed by atoms with Crippen LogP contribution < -0.4 is 10.1 Å². The first-order chi connectivity index (χ1) is 7.67. The highest BCUT2D eigenvalue weighted by molar-refractivity contribution is 6.30. The lowest BCUT2D eigenvalue weighted by molar-refractivity contribution is -0.118. The summed E-state index contributed by atoms with van der Waals surface area (Å²) < 4.78 is 5.42. The van der Waals surface area contributed by atoms with Crippen molar-refractivity contribution in [2.24, 2.45) is 0 Å². The minimum atomic E-state index is -0.209. The number of alkyl halides is 1. The molecule has 0 unspecified atom stereocenters. The first-order valence-corrected chi connectivity index (χ1v) is 5.82. The molecule has 0 radical (unpaired) electrons. The smallest absolute Gasteiger partial charge is 0.235 e. The van der Waals surface area contributed by atoms with Gasteiger partial charge in [0.2, 0.25) is 5.91 Å². The van der Waals surface area contributed by atoms with Crippen molar-refractivity contribution < 1.29 is 9.53 Å². The standard InChI is InChI=1S/C11H13Cl2NO2/c1-2-16-10-5-9(13)4-3-8(10)7-14-11(15)6-12/h3-5H,2,6-7H2,1H3,(H,14,15). The van der Waals surface area contributed by atoms with Gasteiger partial charge in [-0.15, -0.1) is 11.6 Å². The van der Waals surface area contributed by atoms with Gasteiger partial charge >= 0.3 is 0 Å². The number of hydrogen-bond acceptors (Lipinski definition) is 2. The quantitative estimate of drug-likeness (QED) is 0.828. The molecule has 1 N–H and O–H groups in total. The van der Waals surface area contributed by atoms with Gasteiger partial charge in [0, 0.05) is 17.1 Å². The molecule has 0 saturated heterocycles. The summed E-state index contributed by atoms with van der Waals surface area (Å²) in [6.45, 7) is 2.83. The van der Waals surface area contributed by atoms with Crippen LogP contribution in [0, 0.1) is 0 Å². The summed E-state index contributed by atoms with van der Waals surface area (Å²) in [6.07, 6.45) is 0. The molecule has 0 fully saturated rings. The maximum Gasteiger partial charge on any atom is 0.235 e. The molecular formula is C11H13Cl2NO2. The van der Waals surface area contributed by atoms with Crippen molar-refractivity contribution in [1.29, 1.82) is 0 Å². The van der Waals surface area contributed by atoms with Crippen LogP contribution in [0.1, 0.15) is 12.5 Å². The van der Waals surface area contributed by atoms with E-state index in [4.69, 9.17) is 27.9 Å². The van der Waals surface area contributed by atoms with Crippen LogP contribution in [0.15, 0.2) is 18.2 Å². The van der Waals surface area contributed by atoms with E-state index in [1.165, 1.54) is 0 Å². The van der Waals surface area contributed by atoms with E-state index in [9.17, 15) is 4.79 Å². The van der Waals surface area contributed by atoms with Gasteiger partial charge in [0.1, 0.15) is 11.6 Å². The highest BCUT2D eigenvalue weighted by Crippen LogP contribution is 2.23. The predicted molar refractivity (Wildman–Crippen MR) is 65.2 cm³/mol. The number of ether oxygens (including phenoxy) is 1. The van der Waals surface area contributed by atoms with Gasteiger partial charge in [-0.2, -0.15) is 0 Å². The predicted octanol–water partition coefficient (Wildman–Crippen LogP) is 2.59. The van der Waals surface area contributed by atoms with Gasteiger partial charge in [-0.05, 0) is 19.1 Å². The Balaban J connectivity index is 2.73. The van der Waals surface area contributed by atoms with E-state index in [0.29, 0.717) is 23.9 Å². The van der Waals surface area contributed by atoms with Gasteiger partial charge in [-0.1, -0.05) is 17.7 Å². The SMILES string of the molecule is CCOc1cc(Cl)ccc1CNC(=O)CCl. The maximum atomic E-state index is 11.0. The normalized spacial score (nSPS) is 9.94. The molecule has 1 aromatic carbocycles. The average Bonchev–Trinajstić information content (AvgIpc) is 2.28. The second-order valence-electron chi connectivity index (χ2n) is 3.10. The van der Waals surface area contributed by atoms with Crippen LogP contribution in [0.25, 0.3) is 0 Å². The molecule has 0 aliphatic rings. The minimum Gasteiger partial charge on any atom is -0.493 e. The minimum absolute atomic E-state index is 0.0441. The third-order valence-electron chi connectivity index (χ3n) is 1.93. The fraction of sp³-hybridized carbons (Fsp3) is 0.364. The molecule has 0 aliphatic heterocycles. The number of carbonyl (C=O) groups excluding carboxylic acids is 1. The van der Waals surface area contributed by atoms with Gasteiger partial charge in [-0.3, -0.25) is 4.79 Å². The largest absolute Gasteiger partial charge is 0.493 e. The fourth-order valence-corrected chi connectivity index (χ4v) is 1.46. The number of halogens is 2.